The molecule has 1 rings (SSSR count). The minimum Gasteiger partial charge on any atom is -0.486 e. The summed E-state index contributed by atoms with van der Waals surface area (Å²) in [6.07, 6.45) is 9.50. The van der Waals surface area contributed by atoms with Gasteiger partial charge in [-0.25, -0.2) is 0 Å². The molecule has 0 aliphatic heterocycles. The second kappa shape index (κ2) is 11.8. The minimum atomic E-state index is 0. The third-order valence-electron chi connectivity index (χ3n) is 1.32. The molecule has 0 unspecified atom stereocenters. The zero-order chi connectivity index (χ0) is 6.24. The Hall–Kier alpha value is 1.06. The normalized spacial score (nSPS) is 16.7. The summed E-state index contributed by atoms with van der Waals surface area (Å²) in [5.74, 6) is 0. The van der Waals surface area contributed by atoms with E-state index in [2.05, 4.69) is 19.2 Å². The van der Waals surface area contributed by atoms with Crippen LogP contribution in [0, 0.1) is 13.5 Å². The number of rotatable bonds is 0. The van der Waals surface area contributed by atoms with E-state index in [0.29, 0.717) is 0 Å². The van der Waals surface area contributed by atoms with Gasteiger partial charge in [-0.05, 0) is 0 Å². The van der Waals surface area contributed by atoms with Gasteiger partial charge in [-0.3, -0.25) is 7.05 Å². The van der Waals surface area contributed by atoms with Crippen molar-refractivity contribution in [1.29, 1.82) is 0 Å². The Morgan fingerprint density at radius 1 is 1.00 bits per heavy atom. The van der Waals surface area contributed by atoms with Gasteiger partial charge in [0.05, 0.1) is 0 Å². The van der Waals surface area contributed by atoms with E-state index in [9.17, 15) is 0 Å². The van der Waals surface area contributed by atoms with Gasteiger partial charge >= 0.3 is 0 Å². The molecule has 1 aliphatic carbocycles. The molecule has 2 N–H and O–H groups in total. The first-order chi connectivity index (χ1) is 4.00. The van der Waals surface area contributed by atoms with Crippen molar-refractivity contribution in [3.8, 4) is 0 Å². The summed E-state index contributed by atoms with van der Waals surface area (Å²) in [4.78, 5) is 0. The van der Waals surface area contributed by atoms with Gasteiger partial charge in [0.1, 0.15) is 0 Å². The molecule has 1 saturated carbocycles. The zero-order valence-corrected chi connectivity index (χ0v) is 8.81. The van der Waals surface area contributed by atoms with E-state index >= 15 is 0 Å². The zero-order valence-electron chi connectivity index (χ0n) is 5.97. The van der Waals surface area contributed by atoms with Crippen LogP contribution in [0.25, 0.3) is 0 Å². The second-order valence-corrected chi connectivity index (χ2v) is 1.93. The molecule has 1 radical (unpaired) electrons. The molecule has 9 heavy (non-hydrogen) atoms. The van der Waals surface area contributed by atoms with E-state index in [1.807, 2.05) is 0 Å². The third-order valence-corrected chi connectivity index (χ3v) is 1.32. The van der Waals surface area contributed by atoms with Gasteiger partial charge in [0.25, 0.3) is 0 Å². The Morgan fingerprint density at radius 3 is 1.56 bits per heavy atom. The SMILES string of the molecule is [CH-]1CCCCC1.[CH2-]N.[Y]. The largest absolute Gasteiger partial charge is 0.486 e. The van der Waals surface area contributed by atoms with Gasteiger partial charge in [-0.2, -0.15) is 12.8 Å². The molecule has 0 bridgehead atoms. The van der Waals surface area contributed by atoms with Gasteiger partial charge in [-0.15, -0.1) is 0 Å². The van der Waals surface area contributed by atoms with Gasteiger partial charge < -0.3 is 12.2 Å². The molecular formula is C7H15NY-2. The van der Waals surface area contributed by atoms with Crippen LogP contribution in [0.2, 0.25) is 0 Å². The predicted molar refractivity (Wildman–Crippen MR) is 36.9 cm³/mol. The topological polar surface area (TPSA) is 26.0 Å². The van der Waals surface area contributed by atoms with Crippen molar-refractivity contribution in [2.24, 2.45) is 5.73 Å². The molecular weight excluding hydrogens is 187 g/mol. The molecule has 1 aliphatic rings. The molecule has 0 aromatic heterocycles. The first kappa shape index (κ1) is 12.7. The molecule has 0 spiro atoms. The molecule has 0 aromatic rings. The van der Waals surface area contributed by atoms with Gasteiger partial charge in [0.2, 0.25) is 0 Å². The van der Waals surface area contributed by atoms with Crippen LogP contribution in [0.1, 0.15) is 32.1 Å². The standard InChI is InChI=1S/C6H11.CH4N.Y/c1-2-4-6-5-3-1;1-2;/h1H,2-6H2;1-2H2;/q2*-1;. The van der Waals surface area contributed by atoms with Gasteiger partial charge in [-0.1, -0.05) is 19.3 Å². The molecule has 0 amide bonds. The van der Waals surface area contributed by atoms with Crippen molar-refractivity contribution in [3.63, 3.8) is 0 Å². The quantitative estimate of drug-likeness (QED) is 0.596. The average Bonchev–Trinajstić information content (AvgIpc) is 1.96. The van der Waals surface area contributed by atoms with Crippen molar-refractivity contribution in [2.75, 3.05) is 0 Å². The summed E-state index contributed by atoms with van der Waals surface area (Å²) in [6, 6.07) is 0. The van der Waals surface area contributed by atoms with Crippen LogP contribution in [0.4, 0.5) is 0 Å². The summed E-state index contributed by atoms with van der Waals surface area (Å²) in [7, 11) is 2.75. The van der Waals surface area contributed by atoms with Crippen LogP contribution in [-0.4, -0.2) is 0 Å². The third kappa shape index (κ3) is 9.06. The first-order valence-corrected chi connectivity index (χ1v) is 3.22. The van der Waals surface area contributed by atoms with Crippen LogP contribution in [0.5, 0.6) is 0 Å². The monoisotopic (exact) mass is 202 g/mol. The van der Waals surface area contributed by atoms with E-state index in [4.69, 9.17) is 0 Å². The number of hydrogen-bond donors (Lipinski definition) is 1. The number of nitrogens with two attached hydrogens (primary N) is 1. The molecule has 0 saturated heterocycles. The smallest absolute Gasteiger partial charge is 0 e. The van der Waals surface area contributed by atoms with Crippen molar-refractivity contribution in [3.05, 3.63) is 13.5 Å². The fraction of sp³-hybridized carbons (Fsp3) is 0.714. The van der Waals surface area contributed by atoms with E-state index < -0.39 is 0 Å². The maximum atomic E-state index is 4.25. The van der Waals surface area contributed by atoms with Crippen LogP contribution >= 0.6 is 0 Å². The van der Waals surface area contributed by atoms with E-state index in [-0.39, 0.29) is 32.7 Å². The number of hydrogen-bond acceptors (Lipinski definition) is 1. The van der Waals surface area contributed by atoms with Crippen LogP contribution in [0.3, 0.4) is 0 Å². The maximum absolute atomic E-state index is 4.25. The fourth-order valence-electron chi connectivity index (χ4n) is 0.898. The van der Waals surface area contributed by atoms with Crippen molar-refractivity contribution in [1.82, 2.24) is 0 Å². The Kier molecular flexibility index (Phi) is 16.7. The van der Waals surface area contributed by atoms with Crippen LogP contribution < -0.4 is 5.73 Å². The molecule has 0 heterocycles. The molecule has 1 fully saturated rings. The summed E-state index contributed by atoms with van der Waals surface area (Å²) < 4.78 is 0. The van der Waals surface area contributed by atoms with Crippen molar-refractivity contribution >= 4 is 0 Å². The summed E-state index contributed by atoms with van der Waals surface area (Å²) in [5, 5.41) is 0. The summed E-state index contributed by atoms with van der Waals surface area (Å²) in [5.41, 5.74) is 4.25. The molecule has 0 atom stereocenters. The molecule has 1 nitrogen and oxygen atoms in total. The minimum absolute atomic E-state index is 0. The Bertz CT molecular complexity index is 24.4. The van der Waals surface area contributed by atoms with Crippen LogP contribution in [-0.2, 0) is 32.7 Å². The van der Waals surface area contributed by atoms with Crippen molar-refractivity contribution in [2.45, 2.75) is 32.1 Å². The molecule has 53 valence electrons. The van der Waals surface area contributed by atoms with E-state index in [0.717, 1.165) is 0 Å². The summed E-state index contributed by atoms with van der Waals surface area (Å²) in [6.45, 7) is 0. The van der Waals surface area contributed by atoms with Gasteiger partial charge in [0.15, 0.2) is 0 Å². The molecule has 0 aromatic carbocycles. The fourth-order valence-corrected chi connectivity index (χ4v) is 0.898. The van der Waals surface area contributed by atoms with E-state index in [1.165, 1.54) is 32.1 Å². The second-order valence-electron chi connectivity index (χ2n) is 1.93. The average molecular weight is 202 g/mol. The predicted octanol–water partition coefficient (Wildman–Crippen LogP) is 1.89. The first-order valence-electron chi connectivity index (χ1n) is 3.22. The molecule has 2 heteroatoms. The maximum Gasteiger partial charge on any atom is 0 e. The summed E-state index contributed by atoms with van der Waals surface area (Å²) >= 11 is 0. The van der Waals surface area contributed by atoms with Gasteiger partial charge in [0, 0.05) is 32.7 Å². The Labute approximate surface area is 83.7 Å². The Balaban J connectivity index is 0. The Morgan fingerprint density at radius 2 is 1.44 bits per heavy atom. The van der Waals surface area contributed by atoms with E-state index in [1.54, 1.807) is 0 Å². The van der Waals surface area contributed by atoms with Crippen molar-refractivity contribution < 1.29 is 32.7 Å². The van der Waals surface area contributed by atoms with Crippen LogP contribution in [0.15, 0.2) is 0 Å².